The van der Waals surface area contributed by atoms with E-state index in [0.717, 1.165) is 24.7 Å². The third-order valence-corrected chi connectivity index (χ3v) is 4.66. The standard InChI is InChI=1S/C17H27N3.2ClH/c1(2-5-14-10-12-18-13-14)3-7-16-9-8-15-6-4-11-19-17(15)20-16;;/h8-9,14,18H,1-7,10-13H2,(H,19,20);2*1H/t14-;;/m1../s1. The summed E-state index contributed by atoms with van der Waals surface area (Å²) in [5.41, 5.74) is 2.66. The molecular formula is C17H29Cl2N3. The van der Waals surface area contributed by atoms with Gasteiger partial charge in [0.05, 0.1) is 0 Å². The molecule has 0 spiro atoms. The van der Waals surface area contributed by atoms with Crippen LogP contribution in [0.3, 0.4) is 0 Å². The van der Waals surface area contributed by atoms with Crippen molar-refractivity contribution in [2.45, 2.75) is 51.4 Å². The molecule has 3 nitrogen and oxygen atoms in total. The maximum absolute atomic E-state index is 4.77. The van der Waals surface area contributed by atoms with Gasteiger partial charge in [-0.3, -0.25) is 0 Å². The molecule has 1 aromatic rings. The summed E-state index contributed by atoms with van der Waals surface area (Å²) >= 11 is 0. The van der Waals surface area contributed by atoms with E-state index in [2.05, 4.69) is 22.8 Å². The van der Waals surface area contributed by atoms with Crippen LogP contribution in [0, 0.1) is 5.92 Å². The van der Waals surface area contributed by atoms with Crippen molar-refractivity contribution in [1.82, 2.24) is 10.3 Å². The number of pyridine rings is 1. The van der Waals surface area contributed by atoms with E-state index in [1.165, 1.54) is 69.3 Å². The van der Waals surface area contributed by atoms with Crippen molar-refractivity contribution in [2.24, 2.45) is 5.92 Å². The van der Waals surface area contributed by atoms with Crippen LogP contribution in [0.25, 0.3) is 0 Å². The number of aromatic nitrogens is 1. The summed E-state index contributed by atoms with van der Waals surface area (Å²) in [4.78, 5) is 4.77. The summed E-state index contributed by atoms with van der Waals surface area (Å²) in [6.07, 6.45) is 10.4. The van der Waals surface area contributed by atoms with Gasteiger partial charge in [-0.15, -0.1) is 24.8 Å². The SMILES string of the molecule is Cl.Cl.c1cc2c(nc1CCCCC[C@@H]1CCNC1)NCCC2. The van der Waals surface area contributed by atoms with Crippen LogP contribution in [0.4, 0.5) is 5.82 Å². The highest BCUT2D eigenvalue weighted by atomic mass is 35.5. The fourth-order valence-electron chi connectivity index (χ4n) is 3.38. The van der Waals surface area contributed by atoms with Gasteiger partial charge in [-0.05, 0) is 69.2 Å². The summed E-state index contributed by atoms with van der Waals surface area (Å²) in [6, 6.07) is 4.50. The maximum atomic E-state index is 4.77. The predicted octanol–water partition coefficient (Wildman–Crippen LogP) is 4.00. The molecule has 1 atom stereocenters. The Morgan fingerprint density at radius 3 is 2.82 bits per heavy atom. The molecule has 3 heterocycles. The highest BCUT2D eigenvalue weighted by Gasteiger charge is 2.13. The van der Waals surface area contributed by atoms with Gasteiger partial charge in [-0.2, -0.15) is 0 Å². The zero-order chi connectivity index (χ0) is 13.6. The fourth-order valence-corrected chi connectivity index (χ4v) is 3.38. The Balaban J connectivity index is 0.00000121. The highest BCUT2D eigenvalue weighted by Crippen LogP contribution is 2.21. The Morgan fingerprint density at radius 1 is 1.09 bits per heavy atom. The Labute approximate surface area is 146 Å². The molecule has 126 valence electrons. The fraction of sp³-hybridized carbons (Fsp3) is 0.706. The van der Waals surface area contributed by atoms with E-state index in [-0.39, 0.29) is 24.8 Å². The Kier molecular flexibility index (Phi) is 9.15. The predicted molar refractivity (Wildman–Crippen MR) is 98.7 cm³/mol. The van der Waals surface area contributed by atoms with Crippen LogP contribution < -0.4 is 10.6 Å². The molecule has 0 amide bonds. The van der Waals surface area contributed by atoms with Crippen molar-refractivity contribution < 1.29 is 0 Å². The number of hydrogen-bond acceptors (Lipinski definition) is 3. The molecule has 22 heavy (non-hydrogen) atoms. The van der Waals surface area contributed by atoms with E-state index in [9.17, 15) is 0 Å². The molecule has 0 radical (unpaired) electrons. The summed E-state index contributed by atoms with van der Waals surface area (Å²) in [5.74, 6) is 2.09. The van der Waals surface area contributed by atoms with Gasteiger partial charge in [0.15, 0.2) is 0 Å². The minimum Gasteiger partial charge on any atom is -0.370 e. The van der Waals surface area contributed by atoms with Gasteiger partial charge in [0.2, 0.25) is 0 Å². The van der Waals surface area contributed by atoms with Crippen molar-refractivity contribution in [1.29, 1.82) is 0 Å². The van der Waals surface area contributed by atoms with Gasteiger partial charge < -0.3 is 10.6 Å². The van der Waals surface area contributed by atoms with Crippen molar-refractivity contribution in [3.05, 3.63) is 23.4 Å². The molecule has 2 aliphatic heterocycles. The van der Waals surface area contributed by atoms with Gasteiger partial charge in [-0.25, -0.2) is 4.98 Å². The molecule has 5 heteroatoms. The number of rotatable bonds is 6. The molecule has 0 aromatic carbocycles. The van der Waals surface area contributed by atoms with Gasteiger partial charge in [0, 0.05) is 12.2 Å². The topological polar surface area (TPSA) is 37.0 Å². The normalized spacial score (nSPS) is 19.5. The molecule has 1 saturated heterocycles. The van der Waals surface area contributed by atoms with Crippen molar-refractivity contribution in [3.8, 4) is 0 Å². The third-order valence-electron chi connectivity index (χ3n) is 4.66. The quantitative estimate of drug-likeness (QED) is 0.765. The maximum Gasteiger partial charge on any atom is 0.129 e. The average molecular weight is 346 g/mol. The first-order valence-electron chi connectivity index (χ1n) is 8.35. The van der Waals surface area contributed by atoms with E-state index >= 15 is 0 Å². The molecule has 2 aliphatic rings. The van der Waals surface area contributed by atoms with E-state index in [1.54, 1.807) is 0 Å². The van der Waals surface area contributed by atoms with Crippen LogP contribution in [-0.4, -0.2) is 24.6 Å². The summed E-state index contributed by atoms with van der Waals surface area (Å²) < 4.78 is 0. The smallest absolute Gasteiger partial charge is 0.129 e. The van der Waals surface area contributed by atoms with Crippen LogP contribution in [0.2, 0.25) is 0 Å². The first-order valence-corrected chi connectivity index (χ1v) is 8.35. The largest absolute Gasteiger partial charge is 0.370 e. The minimum atomic E-state index is 0. The summed E-state index contributed by atoms with van der Waals surface area (Å²) in [6.45, 7) is 3.56. The molecule has 2 N–H and O–H groups in total. The van der Waals surface area contributed by atoms with Crippen LogP contribution in [-0.2, 0) is 12.8 Å². The zero-order valence-corrected chi connectivity index (χ0v) is 14.9. The number of nitrogens with zero attached hydrogens (tertiary/aromatic N) is 1. The Morgan fingerprint density at radius 2 is 2.00 bits per heavy atom. The van der Waals surface area contributed by atoms with Crippen LogP contribution in [0.5, 0.6) is 0 Å². The molecule has 3 rings (SSSR count). The molecule has 0 unspecified atom stereocenters. The lowest BCUT2D eigenvalue weighted by Crippen LogP contribution is -2.14. The van der Waals surface area contributed by atoms with E-state index in [4.69, 9.17) is 4.98 Å². The van der Waals surface area contributed by atoms with Gasteiger partial charge in [0.1, 0.15) is 5.82 Å². The second-order valence-electron chi connectivity index (χ2n) is 6.30. The first-order chi connectivity index (χ1) is 9.92. The van der Waals surface area contributed by atoms with Crippen LogP contribution in [0.15, 0.2) is 12.1 Å². The van der Waals surface area contributed by atoms with Crippen molar-refractivity contribution >= 4 is 30.6 Å². The first kappa shape index (κ1) is 19.5. The average Bonchev–Trinajstić information content (AvgIpc) is 3.00. The number of hydrogen-bond donors (Lipinski definition) is 2. The second kappa shape index (κ2) is 10.3. The van der Waals surface area contributed by atoms with Gasteiger partial charge in [-0.1, -0.05) is 18.9 Å². The van der Waals surface area contributed by atoms with Crippen LogP contribution in [0.1, 0.15) is 49.8 Å². The number of unbranched alkanes of at least 4 members (excludes halogenated alkanes) is 2. The molecule has 1 fully saturated rings. The number of anilines is 1. The Bertz CT molecular complexity index is 434. The number of halogens is 2. The number of aryl methyl sites for hydroxylation is 2. The highest BCUT2D eigenvalue weighted by molar-refractivity contribution is 5.85. The molecule has 0 saturated carbocycles. The molecular weight excluding hydrogens is 317 g/mol. The summed E-state index contributed by atoms with van der Waals surface area (Å²) in [5, 5.41) is 6.87. The lowest BCUT2D eigenvalue weighted by atomic mass is 9.99. The van der Waals surface area contributed by atoms with E-state index < -0.39 is 0 Å². The lowest BCUT2D eigenvalue weighted by Gasteiger charge is -2.17. The zero-order valence-electron chi connectivity index (χ0n) is 13.3. The van der Waals surface area contributed by atoms with Crippen molar-refractivity contribution in [2.75, 3.05) is 25.0 Å². The third kappa shape index (κ3) is 5.60. The van der Waals surface area contributed by atoms with Crippen molar-refractivity contribution in [3.63, 3.8) is 0 Å². The number of nitrogens with one attached hydrogen (secondary N) is 2. The molecule has 1 aromatic heterocycles. The van der Waals surface area contributed by atoms with Gasteiger partial charge in [0.25, 0.3) is 0 Å². The van der Waals surface area contributed by atoms with E-state index in [0.29, 0.717) is 0 Å². The minimum absolute atomic E-state index is 0. The van der Waals surface area contributed by atoms with Gasteiger partial charge >= 0.3 is 0 Å². The Hall–Kier alpha value is -0.510. The molecule has 0 aliphatic carbocycles. The summed E-state index contributed by atoms with van der Waals surface area (Å²) in [7, 11) is 0. The van der Waals surface area contributed by atoms with E-state index in [1.807, 2.05) is 0 Å². The van der Waals surface area contributed by atoms with Crippen LogP contribution >= 0.6 is 24.8 Å². The number of fused-ring (bicyclic) bond motifs is 1. The second-order valence-corrected chi connectivity index (χ2v) is 6.30. The lowest BCUT2D eigenvalue weighted by molar-refractivity contribution is 0.490. The monoisotopic (exact) mass is 345 g/mol. The molecule has 0 bridgehead atoms.